The number of hydrogen-bond acceptors (Lipinski definition) is 5. The number of benzene rings is 2. The highest BCUT2D eigenvalue weighted by molar-refractivity contribution is 5.94. The lowest BCUT2D eigenvalue weighted by molar-refractivity contribution is 0.101. The molecule has 1 fully saturated rings. The average Bonchev–Trinajstić information content (AvgIpc) is 3.18. The summed E-state index contributed by atoms with van der Waals surface area (Å²) in [7, 11) is 0. The SMILES string of the molecule is CC(=O)c1ccc(N2CCN(Cc3cn(-c4ccccc4)nn3)CC2)c(F)c1. The Labute approximate surface area is 163 Å². The molecule has 7 heteroatoms. The molecule has 3 aromatic rings. The van der Waals surface area contributed by atoms with Gasteiger partial charge < -0.3 is 4.90 Å². The molecule has 0 amide bonds. The molecule has 28 heavy (non-hydrogen) atoms. The maximum atomic E-state index is 14.4. The van der Waals surface area contributed by atoms with Crippen molar-refractivity contribution in [1.82, 2.24) is 19.9 Å². The summed E-state index contributed by atoms with van der Waals surface area (Å²) in [5.41, 5.74) is 2.85. The van der Waals surface area contributed by atoms with Crippen molar-refractivity contribution >= 4 is 11.5 Å². The van der Waals surface area contributed by atoms with Crippen molar-refractivity contribution in [2.45, 2.75) is 13.5 Å². The molecule has 4 rings (SSSR count). The van der Waals surface area contributed by atoms with Crippen LogP contribution in [0.3, 0.4) is 0 Å². The summed E-state index contributed by atoms with van der Waals surface area (Å²) in [5.74, 6) is -0.467. The van der Waals surface area contributed by atoms with E-state index in [0.29, 0.717) is 17.8 Å². The number of ketones is 1. The van der Waals surface area contributed by atoms with Crippen LogP contribution >= 0.6 is 0 Å². The van der Waals surface area contributed by atoms with Crippen LogP contribution in [0.4, 0.5) is 10.1 Å². The summed E-state index contributed by atoms with van der Waals surface area (Å²) in [6, 6.07) is 14.6. The number of piperazine rings is 1. The van der Waals surface area contributed by atoms with E-state index in [2.05, 4.69) is 15.2 Å². The third-order valence-corrected chi connectivity index (χ3v) is 5.01. The number of carbonyl (C=O) groups is 1. The third kappa shape index (κ3) is 3.94. The molecule has 1 aliphatic heterocycles. The number of halogens is 1. The highest BCUT2D eigenvalue weighted by Gasteiger charge is 2.21. The van der Waals surface area contributed by atoms with E-state index < -0.39 is 0 Å². The molecular weight excluding hydrogens is 357 g/mol. The second-order valence-corrected chi connectivity index (χ2v) is 6.98. The van der Waals surface area contributed by atoms with Crippen LogP contribution < -0.4 is 4.90 Å². The lowest BCUT2D eigenvalue weighted by atomic mass is 10.1. The van der Waals surface area contributed by atoms with Crippen molar-refractivity contribution in [3.63, 3.8) is 0 Å². The van der Waals surface area contributed by atoms with Gasteiger partial charge in [0.2, 0.25) is 0 Å². The fraction of sp³-hybridized carbons (Fsp3) is 0.286. The minimum absolute atomic E-state index is 0.126. The van der Waals surface area contributed by atoms with Crippen molar-refractivity contribution in [3.05, 3.63) is 71.8 Å². The van der Waals surface area contributed by atoms with Gasteiger partial charge in [-0.25, -0.2) is 9.07 Å². The van der Waals surface area contributed by atoms with Gasteiger partial charge in [-0.05, 0) is 37.3 Å². The van der Waals surface area contributed by atoms with Gasteiger partial charge in [-0.2, -0.15) is 0 Å². The number of rotatable bonds is 5. The molecule has 1 aliphatic rings. The van der Waals surface area contributed by atoms with Gasteiger partial charge in [0.25, 0.3) is 0 Å². The Morgan fingerprint density at radius 3 is 2.50 bits per heavy atom. The molecule has 0 spiro atoms. The molecule has 0 bridgehead atoms. The molecule has 0 saturated carbocycles. The first-order chi connectivity index (χ1) is 13.6. The summed E-state index contributed by atoms with van der Waals surface area (Å²) in [6.07, 6.45) is 1.95. The first-order valence-corrected chi connectivity index (χ1v) is 9.34. The van der Waals surface area contributed by atoms with E-state index in [4.69, 9.17) is 0 Å². The average molecular weight is 379 g/mol. The monoisotopic (exact) mass is 379 g/mol. The number of para-hydroxylation sites is 1. The Hall–Kier alpha value is -3.06. The molecule has 2 heterocycles. The lowest BCUT2D eigenvalue weighted by Gasteiger charge is -2.35. The van der Waals surface area contributed by atoms with Crippen LogP contribution in [0.15, 0.2) is 54.7 Å². The predicted octanol–water partition coefficient (Wildman–Crippen LogP) is 2.93. The number of carbonyl (C=O) groups excluding carboxylic acids is 1. The molecule has 0 atom stereocenters. The number of aromatic nitrogens is 3. The van der Waals surface area contributed by atoms with E-state index in [0.717, 1.165) is 37.6 Å². The van der Waals surface area contributed by atoms with E-state index in [1.54, 1.807) is 16.8 Å². The predicted molar refractivity (Wildman–Crippen MR) is 105 cm³/mol. The Balaban J connectivity index is 1.36. The highest BCUT2D eigenvalue weighted by Crippen LogP contribution is 2.22. The molecule has 1 saturated heterocycles. The van der Waals surface area contributed by atoms with Crippen molar-refractivity contribution in [1.29, 1.82) is 0 Å². The van der Waals surface area contributed by atoms with Gasteiger partial charge in [-0.3, -0.25) is 9.69 Å². The van der Waals surface area contributed by atoms with Crippen LogP contribution in [0.1, 0.15) is 23.0 Å². The van der Waals surface area contributed by atoms with E-state index in [9.17, 15) is 9.18 Å². The normalized spacial score (nSPS) is 15.0. The van der Waals surface area contributed by atoms with Crippen LogP contribution in [0, 0.1) is 5.82 Å². The second-order valence-electron chi connectivity index (χ2n) is 6.98. The minimum Gasteiger partial charge on any atom is -0.367 e. The van der Waals surface area contributed by atoms with E-state index in [-0.39, 0.29) is 11.6 Å². The smallest absolute Gasteiger partial charge is 0.159 e. The van der Waals surface area contributed by atoms with Gasteiger partial charge in [0, 0.05) is 38.3 Å². The van der Waals surface area contributed by atoms with Gasteiger partial charge in [-0.1, -0.05) is 23.4 Å². The molecule has 0 aliphatic carbocycles. The second kappa shape index (κ2) is 7.90. The fourth-order valence-corrected chi connectivity index (χ4v) is 3.44. The van der Waals surface area contributed by atoms with Crippen LogP contribution in [0.2, 0.25) is 0 Å². The molecule has 2 aromatic carbocycles. The zero-order valence-corrected chi connectivity index (χ0v) is 15.8. The quantitative estimate of drug-likeness (QED) is 0.638. The Kier molecular flexibility index (Phi) is 5.16. The molecule has 144 valence electrons. The topological polar surface area (TPSA) is 54.3 Å². The molecular formula is C21H22FN5O. The minimum atomic E-state index is -0.341. The van der Waals surface area contributed by atoms with Gasteiger partial charge in [-0.15, -0.1) is 5.10 Å². The highest BCUT2D eigenvalue weighted by atomic mass is 19.1. The van der Waals surface area contributed by atoms with Crippen molar-refractivity contribution in [3.8, 4) is 5.69 Å². The van der Waals surface area contributed by atoms with Crippen LogP contribution in [-0.2, 0) is 6.54 Å². The molecule has 6 nitrogen and oxygen atoms in total. The molecule has 0 unspecified atom stereocenters. The summed E-state index contributed by atoms with van der Waals surface area (Å²) in [6.45, 7) is 5.23. The van der Waals surface area contributed by atoms with Crippen LogP contribution in [0.25, 0.3) is 5.69 Å². The number of anilines is 1. The largest absolute Gasteiger partial charge is 0.367 e. The number of hydrogen-bond donors (Lipinski definition) is 0. The van der Waals surface area contributed by atoms with E-state index >= 15 is 0 Å². The zero-order chi connectivity index (χ0) is 19.5. The number of nitrogens with zero attached hydrogens (tertiary/aromatic N) is 5. The molecule has 1 aromatic heterocycles. The first-order valence-electron chi connectivity index (χ1n) is 9.34. The van der Waals surface area contributed by atoms with Gasteiger partial charge >= 0.3 is 0 Å². The summed E-state index contributed by atoms with van der Waals surface area (Å²) in [5, 5.41) is 8.47. The standard InChI is InChI=1S/C21H22FN5O/c1-16(28)17-7-8-21(20(22)13-17)26-11-9-25(10-12-26)14-18-15-27(24-23-18)19-5-3-2-4-6-19/h2-8,13,15H,9-12,14H2,1H3. The maximum Gasteiger partial charge on any atom is 0.159 e. The van der Waals surface area contributed by atoms with Gasteiger partial charge in [0.1, 0.15) is 5.82 Å². The Bertz CT molecular complexity index is 964. The summed E-state index contributed by atoms with van der Waals surface area (Å²) < 4.78 is 16.1. The Morgan fingerprint density at radius 2 is 1.82 bits per heavy atom. The van der Waals surface area contributed by atoms with Crippen molar-refractivity contribution < 1.29 is 9.18 Å². The summed E-state index contributed by atoms with van der Waals surface area (Å²) in [4.78, 5) is 15.7. The van der Waals surface area contributed by atoms with Gasteiger partial charge in [0.15, 0.2) is 5.78 Å². The lowest BCUT2D eigenvalue weighted by Crippen LogP contribution is -2.46. The maximum absolute atomic E-state index is 14.4. The van der Waals surface area contributed by atoms with E-state index in [1.807, 2.05) is 41.4 Å². The van der Waals surface area contributed by atoms with E-state index in [1.165, 1.54) is 13.0 Å². The van der Waals surface area contributed by atoms with Crippen LogP contribution in [0.5, 0.6) is 0 Å². The zero-order valence-electron chi connectivity index (χ0n) is 15.8. The third-order valence-electron chi connectivity index (χ3n) is 5.01. The van der Waals surface area contributed by atoms with Crippen molar-refractivity contribution in [2.24, 2.45) is 0 Å². The van der Waals surface area contributed by atoms with Gasteiger partial charge in [0.05, 0.1) is 23.3 Å². The number of Topliss-reactive ketones (excluding diaryl/α,β-unsaturated/α-hetero) is 1. The fourth-order valence-electron chi connectivity index (χ4n) is 3.44. The Morgan fingerprint density at radius 1 is 1.07 bits per heavy atom. The van der Waals surface area contributed by atoms with Crippen molar-refractivity contribution in [2.75, 3.05) is 31.1 Å². The molecule has 0 N–H and O–H groups in total. The molecule has 0 radical (unpaired) electrons. The van der Waals surface area contributed by atoms with Crippen LogP contribution in [-0.4, -0.2) is 51.9 Å². The first kappa shape index (κ1) is 18.3. The summed E-state index contributed by atoms with van der Waals surface area (Å²) >= 11 is 0.